The molecular formula is C14H16N2O2S. The van der Waals surface area contributed by atoms with Gasteiger partial charge in [0.25, 0.3) is 5.91 Å². The molecule has 1 aliphatic heterocycles. The van der Waals surface area contributed by atoms with E-state index in [1.807, 2.05) is 35.6 Å². The highest BCUT2D eigenvalue weighted by molar-refractivity contribution is 7.08. The molecule has 0 bridgehead atoms. The molecule has 5 heteroatoms. The lowest BCUT2D eigenvalue weighted by molar-refractivity contribution is 0.0735. The van der Waals surface area contributed by atoms with Gasteiger partial charge in [0.15, 0.2) is 0 Å². The smallest absolute Gasteiger partial charge is 0.255 e. The number of carbonyl (C=O) groups is 1. The Morgan fingerprint density at radius 2 is 2.37 bits per heavy atom. The first-order valence-corrected chi connectivity index (χ1v) is 7.38. The molecule has 0 aliphatic carbocycles. The predicted molar refractivity (Wildman–Crippen MR) is 73.3 cm³/mol. The zero-order chi connectivity index (χ0) is 13.4. The number of nitrogens with zero attached hydrogens (tertiary/aromatic N) is 2. The Bertz CT molecular complexity index is 569. The summed E-state index contributed by atoms with van der Waals surface area (Å²) >= 11 is 1.55. The van der Waals surface area contributed by atoms with Crippen molar-refractivity contribution in [1.29, 1.82) is 0 Å². The zero-order valence-corrected chi connectivity index (χ0v) is 11.9. The standard InChI is InChI=1S/C14H16N2O2S/c1-9-13(10(2)18-15-9)12-4-3-6-16(12)14(17)11-5-7-19-8-11/h5,7-8,12H,3-4,6H2,1-2H3. The average Bonchev–Trinajstić information content (AvgIpc) is 3.10. The molecule has 4 nitrogen and oxygen atoms in total. The largest absolute Gasteiger partial charge is 0.361 e. The van der Waals surface area contributed by atoms with Gasteiger partial charge in [0.05, 0.1) is 17.3 Å². The lowest BCUT2D eigenvalue weighted by atomic mass is 10.0. The third kappa shape index (κ3) is 2.08. The van der Waals surface area contributed by atoms with Crippen LogP contribution in [0.5, 0.6) is 0 Å². The molecule has 1 saturated heterocycles. The topological polar surface area (TPSA) is 46.3 Å². The van der Waals surface area contributed by atoms with Gasteiger partial charge in [0.2, 0.25) is 0 Å². The molecule has 3 rings (SSSR count). The van der Waals surface area contributed by atoms with Crippen LogP contribution in [0.15, 0.2) is 21.3 Å². The molecule has 0 saturated carbocycles. The summed E-state index contributed by atoms with van der Waals surface area (Å²) in [5.74, 6) is 0.941. The molecular weight excluding hydrogens is 260 g/mol. The monoisotopic (exact) mass is 276 g/mol. The van der Waals surface area contributed by atoms with E-state index in [1.165, 1.54) is 0 Å². The van der Waals surface area contributed by atoms with Gasteiger partial charge in [0.1, 0.15) is 5.76 Å². The highest BCUT2D eigenvalue weighted by Gasteiger charge is 2.34. The summed E-state index contributed by atoms with van der Waals surface area (Å²) in [7, 11) is 0. The van der Waals surface area contributed by atoms with Crippen LogP contribution in [0, 0.1) is 13.8 Å². The molecule has 1 atom stereocenters. The maximum atomic E-state index is 12.5. The number of carbonyl (C=O) groups excluding carboxylic acids is 1. The van der Waals surface area contributed by atoms with E-state index < -0.39 is 0 Å². The third-order valence-electron chi connectivity index (χ3n) is 3.70. The second-order valence-electron chi connectivity index (χ2n) is 4.91. The molecule has 1 fully saturated rings. The Morgan fingerprint density at radius 1 is 1.53 bits per heavy atom. The van der Waals surface area contributed by atoms with E-state index in [2.05, 4.69) is 5.16 Å². The van der Waals surface area contributed by atoms with E-state index in [0.717, 1.165) is 42.0 Å². The van der Waals surface area contributed by atoms with Gasteiger partial charge in [-0.15, -0.1) is 0 Å². The van der Waals surface area contributed by atoms with Crippen molar-refractivity contribution in [3.63, 3.8) is 0 Å². The fraction of sp³-hybridized carbons (Fsp3) is 0.429. The summed E-state index contributed by atoms with van der Waals surface area (Å²) in [6.07, 6.45) is 2.02. The van der Waals surface area contributed by atoms with Gasteiger partial charge in [-0.3, -0.25) is 4.79 Å². The number of hydrogen-bond donors (Lipinski definition) is 0. The quantitative estimate of drug-likeness (QED) is 0.845. The molecule has 0 aromatic carbocycles. The van der Waals surface area contributed by atoms with E-state index in [-0.39, 0.29) is 11.9 Å². The molecule has 0 radical (unpaired) electrons. The number of aryl methyl sites for hydroxylation is 2. The van der Waals surface area contributed by atoms with Crippen molar-refractivity contribution in [1.82, 2.24) is 10.1 Å². The molecule has 19 heavy (non-hydrogen) atoms. The summed E-state index contributed by atoms with van der Waals surface area (Å²) in [5.41, 5.74) is 2.76. The van der Waals surface area contributed by atoms with Crippen molar-refractivity contribution in [2.75, 3.05) is 6.54 Å². The summed E-state index contributed by atoms with van der Waals surface area (Å²) < 4.78 is 5.24. The number of likely N-dealkylation sites (tertiary alicyclic amines) is 1. The molecule has 1 aliphatic rings. The summed E-state index contributed by atoms with van der Waals surface area (Å²) in [5, 5.41) is 7.85. The minimum atomic E-state index is 0.110. The molecule has 2 aromatic heterocycles. The Balaban J connectivity index is 1.92. The van der Waals surface area contributed by atoms with Gasteiger partial charge in [0, 0.05) is 17.5 Å². The van der Waals surface area contributed by atoms with Crippen LogP contribution in [0.3, 0.4) is 0 Å². The summed E-state index contributed by atoms with van der Waals surface area (Å²) in [4.78, 5) is 14.5. The predicted octanol–water partition coefficient (Wildman–Crippen LogP) is 3.33. The van der Waals surface area contributed by atoms with Gasteiger partial charge in [-0.25, -0.2) is 0 Å². The van der Waals surface area contributed by atoms with Crippen LogP contribution >= 0.6 is 11.3 Å². The normalized spacial score (nSPS) is 19.1. The Labute approximate surface area is 116 Å². The van der Waals surface area contributed by atoms with Crippen molar-refractivity contribution in [3.8, 4) is 0 Å². The minimum Gasteiger partial charge on any atom is -0.361 e. The first-order valence-electron chi connectivity index (χ1n) is 6.44. The van der Waals surface area contributed by atoms with Crippen LogP contribution in [0.4, 0.5) is 0 Å². The van der Waals surface area contributed by atoms with Crippen LogP contribution < -0.4 is 0 Å². The van der Waals surface area contributed by atoms with Gasteiger partial charge >= 0.3 is 0 Å². The highest BCUT2D eigenvalue weighted by Crippen LogP contribution is 2.36. The minimum absolute atomic E-state index is 0.110. The fourth-order valence-corrected chi connectivity index (χ4v) is 3.46. The van der Waals surface area contributed by atoms with Crippen molar-refractivity contribution in [3.05, 3.63) is 39.4 Å². The number of amides is 1. The lowest BCUT2D eigenvalue weighted by Gasteiger charge is -2.24. The van der Waals surface area contributed by atoms with E-state index in [0.29, 0.717) is 0 Å². The molecule has 2 aromatic rings. The number of aromatic nitrogens is 1. The Kier molecular flexibility index (Phi) is 3.14. The highest BCUT2D eigenvalue weighted by atomic mass is 32.1. The summed E-state index contributed by atoms with van der Waals surface area (Å²) in [6, 6.07) is 1.99. The summed E-state index contributed by atoms with van der Waals surface area (Å²) in [6.45, 7) is 4.67. The van der Waals surface area contributed by atoms with Crippen molar-refractivity contribution >= 4 is 17.2 Å². The van der Waals surface area contributed by atoms with Crippen LogP contribution in [0.25, 0.3) is 0 Å². The molecule has 0 N–H and O–H groups in total. The lowest BCUT2D eigenvalue weighted by Crippen LogP contribution is -2.30. The van der Waals surface area contributed by atoms with Gasteiger partial charge in [-0.2, -0.15) is 11.3 Å². The average molecular weight is 276 g/mol. The van der Waals surface area contributed by atoms with Crippen molar-refractivity contribution in [2.24, 2.45) is 0 Å². The Hall–Kier alpha value is -1.62. The SMILES string of the molecule is Cc1noc(C)c1C1CCCN1C(=O)c1ccsc1. The maximum Gasteiger partial charge on any atom is 0.255 e. The van der Waals surface area contributed by atoms with E-state index >= 15 is 0 Å². The maximum absolute atomic E-state index is 12.5. The van der Waals surface area contributed by atoms with Crippen LogP contribution in [0.1, 0.15) is 46.3 Å². The molecule has 3 heterocycles. The van der Waals surface area contributed by atoms with Crippen LogP contribution in [0.2, 0.25) is 0 Å². The van der Waals surface area contributed by atoms with Crippen molar-refractivity contribution < 1.29 is 9.32 Å². The fourth-order valence-electron chi connectivity index (χ4n) is 2.83. The first kappa shape index (κ1) is 12.4. The Morgan fingerprint density at radius 3 is 3.00 bits per heavy atom. The van der Waals surface area contributed by atoms with Crippen LogP contribution in [-0.2, 0) is 0 Å². The van der Waals surface area contributed by atoms with E-state index in [1.54, 1.807) is 11.3 Å². The molecule has 0 spiro atoms. The molecule has 100 valence electrons. The zero-order valence-electron chi connectivity index (χ0n) is 11.0. The second-order valence-corrected chi connectivity index (χ2v) is 5.69. The van der Waals surface area contributed by atoms with Gasteiger partial charge in [-0.05, 0) is 38.1 Å². The number of hydrogen-bond acceptors (Lipinski definition) is 4. The molecule has 1 amide bonds. The van der Waals surface area contributed by atoms with Crippen LogP contribution in [-0.4, -0.2) is 22.5 Å². The third-order valence-corrected chi connectivity index (χ3v) is 4.39. The van der Waals surface area contributed by atoms with Gasteiger partial charge < -0.3 is 9.42 Å². The van der Waals surface area contributed by atoms with Crippen molar-refractivity contribution in [2.45, 2.75) is 32.7 Å². The van der Waals surface area contributed by atoms with Gasteiger partial charge in [-0.1, -0.05) is 5.16 Å². The number of rotatable bonds is 2. The van der Waals surface area contributed by atoms with E-state index in [9.17, 15) is 4.79 Å². The van der Waals surface area contributed by atoms with E-state index in [4.69, 9.17) is 4.52 Å². The number of thiophene rings is 1. The first-order chi connectivity index (χ1) is 9.18. The second kappa shape index (κ2) is 4.81. The molecule has 1 unspecified atom stereocenters.